The molecule has 0 aliphatic rings. The monoisotopic (exact) mass is 302 g/mol. The van der Waals surface area contributed by atoms with E-state index in [1.54, 1.807) is 36.7 Å². The fraction of sp³-hybridized carbons (Fsp3) is 0.250. The van der Waals surface area contributed by atoms with Gasteiger partial charge in [0.25, 0.3) is 5.91 Å². The number of rotatable bonds is 6. The highest BCUT2D eigenvalue weighted by molar-refractivity contribution is 5.97. The second-order valence-electron chi connectivity index (χ2n) is 4.68. The number of benzene rings is 1. The Bertz CT molecular complexity index is 631. The van der Waals surface area contributed by atoms with Crippen LogP contribution >= 0.6 is 0 Å². The van der Waals surface area contributed by atoms with E-state index < -0.39 is 5.91 Å². The van der Waals surface area contributed by atoms with Gasteiger partial charge in [0.15, 0.2) is 11.5 Å². The molecule has 116 valence electrons. The predicted octanol–water partition coefficient (Wildman–Crippen LogP) is 1.99. The summed E-state index contributed by atoms with van der Waals surface area (Å²) in [6, 6.07) is 8.32. The molecule has 1 aromatic heterocycles. The molecular formula is C16H18N2O4. The van der Waals surface area contributed by atoms with Crippen LogP contribution < -0.4 is 14.8 Å². The van der Waals surface area contributed by atoms with E-state index in [-0.39, 0.29) is 23.2 Å². The molecule has 2 rings (SSSR count). The quantitative estimate of drug-likeness (QED) is 0.853. The molecule has 2 aromatic rings. The number of nitrogens with zero attached hydrogens (tertiary/aromatic N) is 1. The fourth-order valence-corrected chi connectivity index (χ4v) is 1.89. The van der Waals surface area contributed by atoms with Gasteiger partial charge in [-0.15, -0.1) is 0 Å². The maximum atomic E-state index is 12.1. The second kappa shape index (κ2) is 7.31. The first kappa shape index (κ1) is 15.6. The summed E-state index contributed by atoms with van der Waals surface area (Å²) in [5.41, 5.74) is 0.160. The number of aromatic hydroxyl groups is 1. The Hall–Kier alpha value is -2.76. The van der Waals surface area contributed by atoms with Crippen LogP contribution in [0.5, 0.6) is 17.2 Å². The Balaban J connectivity index is 1.93. The van der Waals surface area contributed by atoms with Gasteiger partial charge in [0, 0.05) is 6.20 Å². The second-order valence-corrected chi connectivity index (χ2v) is 4.68. The third-order valence-electron chi connectivity index (χ3n) is 2.99. The van der Waals surface area contributed by atoms with Crippen LogP contribution in [-0.2, 0) is 0 Å². The summed E-state index contributed by atoms with van der Waals surface area (Å²) in [5, 5.41) is 12.6. The normalized spacial score (nSPS) is 11.5. The van der Waals surface area contributed by atoms with Crippen LogP contribution in [0.1, 0.15) is 17.3 Å². The zero-order valence-corrected chi connectivity index (χ0v) is 12.4. The Morgan fingerprint density at radius 1 is 1.36 bits per heavy atom. The maximum Gasteiger partial charge on any atom is 0.255 e. The Morgan fingerprint density at radius 3 is 2.86 bits per heavy atom. The molecule has 0 saturated carbocycles. The van der Waals surface area contributed by atoms with Gasteiger partial charge in [-0.05, 0) is 31.2 Å². The molecule has 6 nitrogen and oxygen atoms in total. The summed E-state index contributed by atoms with van der Waals surface area (Å²) >= 11 is 0. The van der Waals surface area contributed by atoms with Crippen LogP contribution in [0.3, 0.4) is 0 Å². The minimum absolute atomic E-state index is 0.160. The molecule has 1 unspecified atom stereocenters. The van der Waals surface area contributed by atoms with Crippen LogP contribution in [0.15, 0.2) is 42.7 Å². The molecule has 0 spiro atoms. The van der Waals surface area contributed by atoms with Crippen LogP contribution in [0.4, 0.5) is 0 Å². The van der Waals surface area contributed by atoms with Gasteiger partial charge in [0.1, 0.15) is 11.9 Å². The summed E-state index contributed by atoms with van der Waals surface area (Å²) in [5.74, 6) is 0.321. The Kier molecular flexibility index (Phi) is 5.19. The lowest BCUT2D eigenvalue weighted by molar-refractivity contribution is 0.0929. The number of hydrogen-bond acceptors (Lipinski definition) is 5. The molecule has 0 aliphatic heterocycles. The van der Waals surface area contributed by atoms with Crippen molar-refractivity contribution in [3.05, 3.63) is 48.3 Å². The molecule has 6 heteroatoms. The van der Waals surface area contributed by atoms with Gasteiger partial charge in [0.05, 0.1) is 25.4 Å². The summed E-state index contributed by atoms with van der Waals surface area (Å²) in [6.07, 6.45) is 3.03. The largest absolute Gasteiger partial charge is 0.504 e. The fourth-order valence-electron chi connectivity index (χ4n) is 1.89. The van der Waals surface area contributed by atoms with E-state index in [1.165, 1.54) is 13.2 Å². The van der Waals surface area contributed by atoms with Gasteiger partial charge in [-0.2, -0.15) is 0 Å². The molecule has 22 heavy (non-hydrogen) atoms. The zero-order valence-electron chi connectivity index (χ0n) is 12.4. The van der Waals surface area contributed by atoms with Gasteiger partial charge in [0.2, 0.25) is 0 Å². The minimum Gasteiger partial charge on any atom is -0.504 e. The van der Waals surface area contributed by atoms with Crippen LogP contribution in [0.2, 0.25) is 0 Å². The SMILES string of the molecule is COc1cccc(C(=O)NCC(C)Oc2cccnc2)c1O. The van der Waals surface area contributed by atoms with Gasteiger partial charge in [-0.3, -0.25) is 9.78 Å². The molecule has 0 fully saturated rings. The summed E-state index contributed by atoms with van der Waals surface area (Å²) in [4.78, 5) is 16.0. The number of ether oxygens (including phenoxy) is 2. The first-order valence-corrected chi connectivity index (χ1v) is 6.82. The number of methoxy groups -OCH3 is 1. The van der Waals surface area contributed by atoms with Crippen molar-refractivity contribution in [1.82, 2.24) is 10.3 Å². The van der Waals surface area contributed by atoms with E-state index in [4.69, 9.17) is 9.47 Å². The van der Waals surface area contributed by atoms with E-state index in [1.807, 2.05) is 6.92 Å². The van der Waals surface area contributed by atoms with E-state index in [9.17, 15) is 9.90 Å². The van der Waals surface area contributed by atoms with E-state index >= 15 is 0 Å². The van der Waals surface area contributed by atoms with E-state index in [2.05, 4.69) is 10.3 Å². The third kappa shape index (κ3) is 3.88. The first-order valence-electron chi connectivity index (χ1n) is 6.82. The highest BCUT2D eigenvalue weighted by atomic mass is 16.5. The third-order valence-corrected chi connectivity index (χ3v) is 2.99. The number of aromatic nitrogens is 1. The predicted molar refractivity (Wildman–Crippen MR) is 81.3 cm³/mol. The summed E-state index contributed by atoms with van der Waals surface area (Å²) in [7, 11) is 1.43. The molecule has 0 bridgehead atoms. The first-order chi connectivity index (χ1) is 10.6. The van der Waals surface area contributed by atoms with Gasteiger partial charge in [-0.1, -0.05) is 6.07 Å². The highest BCUT2D eigenvalue weighted by Gasteiger charge is 2.15. The average molecular weight is 302 g/mol. The van der Waals surface area contributed by atoms with Crippen molar-refractivity contribution in [2.75, 3.05) is 13.7 Å². The lowest BCUT2D eigenvalue weighted by Crippen LogP contribution is -2.33. The van der Waals surface area contributed by atoms with Gasteiger partial charge >= 0.3 is 0 Å². The number of nitrogens with one attached hydrogen (secondary N) is 1. The van der Waals surface area contributed by atoms with Crippen molar-refractivity contribution in [1.29, 1.82) is 0 Å². The van der Waals surface area contributed by atoms with Crippen molar-refractivity contribution in [3.8, 4) is 17.2 Å². The number of carbonyl (C=O) groups is 1. The summed E-state index contributed by atoms with van der Waals surface area (Å²) in [6.45, 7) is 2.13. The van der Waals surface area contributed by atoms with Gasteiger partial charge < -0.3 is 19.9 Å². The number of para-hydroxylation sites is 1. The molecule has 0 saturated heterocycles. The van der Waals surface area contributed by atoms with Crippen molar-refractivity contribution >= 4 is 5.91 Å². The molecule has 1 aromatic carbocycles. The smallest absolute Gasteiger partial charge is 0.255 e. The van der Waals surface area contributed by atoms with E-state index in [0.29, 0.717) is 12.3 Å². The number of pyridine rings is 1. The lowest BCUT2D eigenvalue weighted by atomic mass is 10.1. The van der Waals surface area contributed by atoms with Crippen LogP contribution in [0.25, 0.3) is 0 Å². The van der Waals surface area contributed by atoms with Crippen molar-refractivity contribution in [2.45, 2.75) is 13.0 Å². The Morgan fingerprint density at radius 2 is 2.18 bits per heavy atom. The van der Waals surface area contributed by atoms with Gasteiger partial charge in [-0.25, -0.2) is 0 Å². The Labute approximate surface area is 128 Å². The van der Waals surface area contributed by atoms with Crippen LogP contribution in [0, 0.1) is 0 Å². The molecule has 0 aliphatic carbocycles. The highest BCUT2D eigenvalue weighted by Crippen LogP contribution is 2.29. The summed E-state index contributed by atoms with van der Waals surface area (Å²) < 4.78 is 10.6. The van der Waals surface area contributed by atoms with Crippen molar-refractivity contribution < 1.29 is 19.4 Å². The molecule has 1 heterocycles. The standard InChI is InChI=1S/C16H18N2O4/c1-11(22-12-5-4-8-17-10-12)9-18-16(20)13-6-3-7-14(21-2)15(13)19/h3-8,10-11,19H,9H2,1-2H3,(H,18,20). The topological polar surface area (TPSA) is 80.7 Å². The molecule has 1 atom stereocenters. The maximum absolute atomic E-state index is 12.1. The van der Waals surface area contributed by atoms with E-state index in [0.717, 1.165) is 0 Å². The number of hydrogen-bond donors (Lipinski definition) is 2. The number of phenols is 1. The van der Waals surface area contributed by atoms with Crippen LogP contribution in [-0.4, -0.2) is 35.8 Å². The minimum atomic E-state index is -0.391. The molecular weight excluding hydrogens is 284 g/mol. The number of carbonyl (C=O) groups excluding carboxylic acids is 1. The molecule has 2 N–H and O–H groups in total. The number of phenolic OH excluding ortho intramolecular Hbond substituents is 1. The molecule has 0 radical (unpaired) electrons. The lowest BCUT2D eigenvalue weighted by Gasteiger charge is -2.15. The van der Waals surface area contributed by atoms with Crippen molar-refractivity contribution in [2.24, 2.45) is 0 Å². The molecule has 1 amide bonds. The number of amides is 1. The average Bonchev–Trinajstić information content (AvgIpc) is 2.54. The zero-order chi connectivity index (χ0) is 15.9. The van der Waals surface area contributed by atoms with Crippen molar-refractivity contribution in [3.63, 3.8) is 0 Å².